The molecule has 2 rings (SSSR count). The minimum Gasteiger partial charge on any atom is -1.00 e. The summed E-state index contributed by atoms with van der Waals surface area (Å²) in [6, 6.07) is 13.6. The summed E-state index contributed by atoms with van der Waals surface area (Å²) >= 11 is 0. The third kappa shape index (κ3) is 6.99. The summed E-state index contributed by atoms with van der Waals surface area (Å²) in [5, 5.41) is 2.79. The fourth-order valence-corrected chi connectivity index (χ4v) is 2.55. The first-order valence-corrected chi connectivity index (χ1v) is 8.00. The zero-order valence-electron chi connectivity index (χ0n) is 12.8. The summed E-state index contributed by atoms with van der Waals surface area (Å²) in [7, 11) is 1.20. The third-order valence-electron chi connectivity index (χ3n) is 3.06. The van der Waals surface area contributed by atoms with Crippen LogP contribution >= 0.6 is 0 Å². The molecule has 0 saturated carbocycles. The maximum Gasteiger partial charge on any atom is 3.00 e. The van der Waals surface area contributed by atoms with Gasteiger partial charge in [0.05, 0.1) is 0 Å². The van der Waals surface area contributed by atoms with E-state index in [2.05, 4.69) is 58.0 Å². The zero-order valence-corrected chi connectivity index (χ0v) is 16.2. The summed E-state index contributed by atoms with van der Waals surface area (Å²) < 4.78 is 0. The smallest absolute Gasteiger partial charge is 1.00 e. The molecule has 0 unspecified atom stereocenters. The molecule has 0 nitrogen and oxygen atoms in total. The molecule has 0 saturated heterocycles. The van der Waals surface area contributed by atoms with Gasteiger partial charge in [0.2, 0.25) is 0 Å². The summed E-state index contributed by atoms with van der Waals surface area (Å²) in [4.78, 5) is 0. The van der Waals surface area contributed by atoms with Crippen molar-refractivity contribution in [3.05, 3.63) is 41.5 Å². The largest absolute Gasteiger partial charge is 3.00 e. The first-order valence-electron chi connectivity index (χ1n) is 6.59. The molecule has 0 N–H and O–H groups in total. The molecule has 0 fully saturated rings. The van der Waals surface area contributed by atoms with Crippen LogP contribution in [0.5, 0.6) is 0 Å². The van der Waals surface area contributed by atoms with Crippen LogP contribution in [0.15, 0.2) is 30.3 Å². The molecule has 0 amide bonds. The van der Waals surface area contributed by atoms with Crippen LogP contribution in [0.1, 0.15) is 31.9 Å². The predicted octanol–water partition coefficient (Wildman–Crippen LogP) is -0.998. The number of rotatable bonds is 3. The van der Waals surface area contributed by atoms with Gasteiger partial charge in [0.1, 0.15) is 0 Å². The Balaban J connectivity index is -0.000000322. The van der Waals surface area contributed by atoms with Gasteiger partial charge in [-0.2, -0.15) is 5.56 Å². The molecule has 20 heavy (non-hydrogen) atoms. The fraction of sp³-hybridized carbons (Fsp3) is 0.438. The Hall–Kier alpha value is -0.210. The Labute approximate surface area is 143 Å². The first-order chi connectivity index (χ1) is 8.24. The van der Waals surface area contributed by atoms with Crippen molar-refractivity contribution in [1.29, 1.82) is 0 Å². The minimum atomic E-state index is 0. The molecule has 3 radical (unpaired) electrons. The molecule has 2 aromatic carbocycles. The van der Waals surface area contributed by atoms with E-state index in [9.17, 15) is 0 Å². The van der Waals surface area contributed by atoms with Crippen LogP contribution < -0.4 is 9.41 Å². The minimum absolute atomic E-state index is 0. The Morgan fingerprint density at radius 3 is 1.95 bits per heavy atom. The predicted molar refractivity (Wildman–Crippen MR) is 80.4 cm³/mol. The van der Waals surface area contributed by atoms with Crippen molar-refractivity contribution >= 4 is 20.3 Å². The van der Waals surface area contributed by atoms with Gasteiger partial charge in [0.25, 0.3) is 0 Å². The maximum absolute atomic E-state index is 2.30. The van der Waals surface area contributed by atoms with Crippen LogP contribution in [-0.2, 0) is 32.6 Å². The van der Waals surface area contributed by atoms with Gasteiger partial charge in [-0.3, -0.25) is 0 Å². The van der Waals surface area contributed by atoms with E-state index in [0.717, 1.165) is 6.42 Å². The van der Waals surface area contributed by atoms with Crippen LogP contribution in [0, 0.1) is 6.92 Å². The van der Waals surface area contributed by atoms with Crippen molar-refractivity contribution in [2.45, 2.75) is 46.2 Å². The monoisotopic (exact) mass is 371 g/mol. The van der Waals surface area contributed by atoms with E-state index in [-0.39, 0.29) is 35.6 Å². The average Bonchev–Trinajstić information content (AvgIpc) is 2.69. The molecule has 0 spiro atoms. The van der Waals surface area contributed by atoms with Gasteiger partial charge in [-0.15, -0.1) is 40.6 Å². The van der Waals surface area contributed by atoms with E-state index < -0.39 is 0 Å². The molecular formula is C16H23F2SiZr. The van der Waals surface area contributed by atoms with Crippen LogP contribution in [0.4, 0.5) is 0 Å². The molecule has 0 aliphatic heterocycles. The molecule has 0 heterocycles. The van der Waals surface area contributed by atoms with Gasteiger partial charge in [-0.05, 0) is 6.42 Å². The SMILES string of the molecule is CC[Si]CC.CCc1[cH-]c2ccccc2c1C.[F-].[F-].[Zr+3]. The van der Waals surface area contributed by atoms with Crippen molar-refractivity contribution in [3.8, 4) is 0 Å². The number of aryl methyl sites for hydroxylation is 2. The van der Waals surface area contributed by atoms with Crippen molar-refractivity contribution < 1.29 is 35.6 Å². The Kier molecular flexibility index (Phi) is 17.1. The summed E-state index contributed by atoms with van der Waals surface area (Å²) in [5.74, 6) is 0. The van der Waals surface area contributed by atoms with Gasteiger partial charge in [-0.1, -0.05) is 45.8 Å². The number of fused-ring (bicyclic) bond motifs is 1. The standard InChI is InChI=1S/C12H13.C4H10Si.2FH.Zr/c1-3-10-8-11-6-4-5-7-12(11)9(10)2;1-3-5-4-2;;;/h4-8H,3H2,1-2H3;3-4H2,1-2H3;2*1H;/q-1;;;;+3/p-2. The molecular weight excluding hydrogens is 349 g/mol. The summed E-state index contributed by atoms with van der Waals surface area (Å²) in [5.41, 5.74) is 2.93. The van der Waals surface area contributed by atoms with E-state index in [1.54, 1.807) is 0 Å². The van der Waals surface area contributed by atoms with Gasteiger partial charge >= 0.3 is 26.2 Å². The molecule has 0 aliphatic rings. The van der Waals surface area contributed by atoms with Gasteiger partial charge in [-0.25, -0.2) is 0 Å². The van der Waals surface area contributed by atoms with Crippen molar-refractivity contribution in [2.24, 2.45) is 0 Å². The molecule has 109 valence electrons. The summed E-state index contributed by atoms with van der Waals surface area (Å²) in [6.07, 6.45) is 1.14. The number of halogens is 2. The van der Waals surface area contributed by atoms with Crippen LogP contribution in [0.2, 0.25) is 12.1 Å². The number of hydrogen-bond acceptors (Lipinski definition) is 0. The van der Waals surface area contributed by atoms with E-state index in [1.807, 2.05) is 0 Å². The molecule has 0 aliphatic carbocycles. The second kappa shape index (κ2) is 13.8. The number of benzene rings is 1. The van der Waals surface area contributed by atoms with Crippen LogP contribution in [0.25, 0.3) is 10.8 Å². The quantitative estimate of drug-likeness (QED) is 0.479. The third-order valence-corrected chi connectivity index (χ3v) is 4.06. The Morgan fingerprint density at radius 2 is 1.55 bits per heavy atom. The zero-order chi connectivity index (χ0) is 12.7. The molecule has 0 aromatic heterocycles. The van der Waals surface area contributed by atoms with E-state index >= 15 is 0 Å². The Morgan fingerprint density at radius 1 is 1.00 bits per heavy atom. The maximum atomic E-state index is 2.30. The molecule has 0 bridgehead atoms. The molecule has 2 aromatic rings. The first kappa shape index (κ1) is 24.8. The van der Waals surface area contributed by atoms with Crippen molar-refractivity contribution in [1.82, 2.24) is 0 Å². The fourth-order valence-electron chi connectivity index (χ4n) is 2.05. The second-order valence-electron chi connectivity index (χ2n) is 4.19. The van der Waals surface area contributed by atoms with E-state index in [1.165, 1.54) is 43.5 Å². The van der Waals surface area contributed by atoms with Gasteiger partial charge in [0, 0.05) is 9.52 Å². The number of hydrogen-bond donors (Lipinski definition) is 0. The van der Waals surface area contributed by atoms with Crippen molar-refractivity contribution in [3.63, 3.8) is 0 Å². The molecule has 0 atom stereocenters. The van der Waals surface area contributed by atoms with Crippen LogP contribution in [-0.4, -0.2) is 9.52 Å². The van der Waals surface area contributed by atoms with Crippen molar-refractivity contribution in [2.75, 3.05) is 0 Å². The average molecular weight is 373 g/mol. The second-order valence-corrected chi connectivity index (χ2v) is 6.11. The van der Waals surface area contributed by atoms with E-state index in [4.69, 9.17) is 0 Å². The van der Waals surface area contributed by atoms with Gasteiger partial charge in [0.15, 0.2) is 0 Å². The summed E-state index contributed by atoms with van der Waals surface area (Å²) in [6.45, 7) is 8.87. The normalized spacial score (nSPS) is 8.60. The molecule has 4 heteroatoms. The van der Waals surface area contributed by atoms with Crippen LogP contribution in [0.3, 0.4) is 0 Å². The Bertz CT molecular complexity index is 453. The van der Waals surface area contributed by atoms with E-state index in [0.29, 0.717) is 0 Å². The topological polar surface area (TPSA) is 0 Å². The van der Waals surface area contributed by atoms with Gasteiger partial charge < -0.3 is 9.41 Å².